The molecule has 0 fully saturated rings. The third kappa shape index (κ3) is 2.44. The number of hydrogen-bond donors (Lipinski definition) is 0. The maximum Gasteiger partial charge on any atom is 0.423 e. The molecular formula is C39H23N5OS+2. The van der Waals surface area contributed by atoms with Gasteiger partial charge in [-0.05, 0) is 67.6 Å². The van der Waals surface area contributed by atoms with E-state index in [9.17, 15) is 0 Å². The molecule has 1 unspecified atom stereocenters. The van der Waals surface area contributed by atoms with Gasteiger partial charge < -0.3 is 4.74 Å². The first kappa shape index (κ1) is 23.6. The molecular weight excluding hydrogens is 587 g/mol. The zero-order chi connectivity index (χ0) is 29.9. The summed E-state index contributed by atoms with van der Waals surface area (Å²) in [7, 11) is 0. The van der Waals surface area contributed by atoms with Crippen molar-refractivity contribution in [1.29, 1.82) is 0 Å². The van der Waals surface area contributed by atoms with Crippen molar-refractivity contribution in [2.24, 2.45) is 0 Å². The Kier molecular flexibility index (Phi) is 3.95. The SMILES string of the molecule is Cc1c(-c2ccc3sc4ccccc4c3c2)n[n+]2n1-c1cccc3c1C21c2c(ccc4c5ccccc5n(c24)-c2cccc[n+]21)O3. The molecule has 0 N–H and O–H groups in total. The Hall–Kier alpha value is -5.79. The first-order valence-corrected chi connectivity index (χ1v) is 16.4. The van der Waals surface area contributed by atoms with Crippen molar-refractivity contribution in [2.75, 3.05) is 0 Å². The van der Waals surface area contributed by atoms with E-state index in [1.807, 2.05) is 11.3 Å². The second-order valence-corrected chi connectivity index (χ2v) is 13.6. The fraction of sp³-hybridized carbons (Fsp3) is 0.0513. The van der Waals surface area contributed by atoms with Crippen LogP contribution in [0.1, 0.15) is 16.8 Å². The first-order chi connectivity index (χ1) is 22.7. The Labute approximate surface area is 266 Å². The Bertz CT molecular complexity index is 2870. The van der Waals surface area contributed by atoms with Crippen LogP contribution in [0.3, 0.4) is 0 Å². The summed E-state index contributed by atoms with van der Waals surface area (Å²) in [4.78, 5) is 2.23. The Morgan fingerprint density at radius 1 is 0.717 bits per heavy atom. The molecule has 0 aliphatic carbocycles. The van der Waals surface area contributed by atoms with Crippen LogP contribution in [0.4, 0.5) is 0 Å². The van der Waals surface area contributed by atoms with Crippen LogP contribution in [-0.2, 0) is 5.66 Å². The number of nitrogens with zero attached hydrogens (tertiary/aromatic N) is 5. The van der Waals surface area contributed by atoms with Gasteiger partial charge in [-0.15, -0.1) is 11.3 Å². The minimum Gasteiger partial charge on any atom is -0.456 e. The summed E-state index contributed by atoms with van der Waals surface area (Å²) >= 11 is 1.84. The second-order valence-electron chi connectivity index (χ2n) is 12.5. The van der Waals surface area contributed by atoms with Crippen molar-refractivity contribution in [3.8, 4) is 34.3 Å². The van der Waals surface area contributed by atoms with Gasteiger partial charge in [-0.2, -0.15) is 9.13 Å². The van der Waals surface area contributed by atoms with E-state index in [-0.39, 0.29) is 0 Å². The van der Waals surface area contributed by atoms with Gasteiger partial charge in [0, 0.05) is 47.7 Å². The molecule has 1 atom stereocenters. The lowest BCUT2D eigenvalue weighted by Crippen LogP contribution is -2.77. The Morgan fingerprint density at radius 3 is 2.50 bits per heavy atom. The lowest BCUT2D eigenvalue weighted by Gasteiger charge is -2.31. The fourth-order valence-electron chi connectivity index (χ4n) is 8.60. The molecule has 7 heterocycles. The highest BCUT2D eigenvalue weighted by Crippen LogP contribution is 2.55. The maximum atomic E-state index is 6.80. The number of hydrogen-bond acceptors (Lipinski definition) is 3. The predicted molar refractivity (Wildman–Crippen MR) is 179 cm³/mol. The van der Waals surface area contributed by atoms with E-state index in [2.05, 4.69) is 147 Å². The van der Waals surface area contributed by atoms with Crippen molar-refractivity contribution in [3.63, 3.8) is 0 Å². The minimum absolute atomic E-state index is 0.790. The van der Waals surface area contributed by atoms with E-state index in [0.29, 0.717) is 0 Å². The molecule has 7 heteroatoms. The maximum absolute atomic E-state index is 6.80. The summed E-state index contributed by atoms with van der Waals surface area (Å²) in [5, 5.41) is 10.6. The van der Waals surface area contributed by atoms with Crippen LogP contribution < -0.4 is 14.1 Å². The highest BCUT2D eigenvalue weighted by Gasteiger charge is 2.70. The molecule has 12 rings (SSSR count). The third-order valence-corrected chi connectivity index (χ3v) is 11.5. The van der Waals surface area contributed by atoms with E-state index in [1.54, 1.807) is 0 Å². The van der Waals surface area contributed by atoms with Gasteiger partial charge in [-0.25, -0.2) is 0 Å². The van der Waals surface area contributed by atoms with Crippen LogP contribution in [0.15, 0.2) is 121 Å². The van der Waals surface area contributed by atoms with Crippen LogP contribution in [0.2, 0.25) is 0 Å². The van der Waals surface area contributed by atoms with Crippen LogP contribution in [-0.4, -0.2) is 14.3 Å². The third-order valence-electron chi connectivity index (χ3n) is 10.3. The van der Waals surface area contributed by atoms with E-state index in [4.69, 9.17) is 9.84 Å². The second kappa shape index (κ2) is 7.70. The number of rotatable bonds is 1. The van der Waals surface area contributed by atoms with Gasteiger partial charge in [0.25, 0.3) is 5.82 Å². The smallest absolute Gasteiger partial charge is 0.423 e. The molecule has 5 aromatic carbocycles. The molecule has 9 aromatic rings. The fourth-order valence-corrected chi connectivity index (χ4v) is 9.68. The quantitative estimate of drug-likeness (QED) is 0.178. The highest BCUT2D eigenvalue weighted by atomic mass is 32.1. The zero-order valence-electron chi connectivity index (χ0n) is 24.6. The number of aromatic nitrogens is 5. The summed E-state index contributed by atoms with van der Waals surface area (Å²) < 4.78 is 16.5. The zero-order valence-corrected chi connectivity index (χ0v) is 25.4. The van der Waals surface area contributed by atoms with Crippen LogP contribution >= 0.6 is 11.3 Å². The van der Waals surface area contributed by atoms with Gasteiger partial charge in [0.05, 0.1) is 11.0 Å². The van der Waals surface area contributed by atoms with Crippen LogP contribution in [0, 0.1) is 6.92 Å². The van der Waals surface area contributed by atoms with Crippen LogP contribution in [0.5, 0.6) is 11.5 Å². The normalized spacial score (nSPS) is 16.6. The Morgan fingerprint density at radius 2 is 1.54 bits per heavy atom. The molecule has 46 heavy (non-hydrogen) atoms. The van der Waals surface area contributed by atoms with Gasteiger partial charge in [-0.3, -0.25) is 0 Å². The molecule has 214 valence electrons. The van der Waals surface area contributed by atoms with Crippen molar-refractivity contribution in [1.82, 2.24) is 14.3 Å². The van der Waals surface area contributed by atoms with E-state index in [1.165, 1.54) is 42.0 Å². The number of thiophene rings is 1. The number of benzene rings is 5. The van der Waals surface area contributed by atoms with Gasteiger partial charge >= 0.3 is 5.66 Å². The van der Waals surface area contributed by atoms with Gasteiger partial charge in [-0.1, -0.05) is 53.2 Å². The lowest BCUT2D eigenvalue weighted by atomic mass is 9.84. The molecule has 0 saturated carbocycles. The predicted octanol–water partition coefficient (Wildman–Crippen LogP) is 7.92. The number of pyridine rings is 1. The van der Waals surface area contributed by atoms with E-state index < -0.39 is 5.66 Å². The molecule has 4 aromatic heterocycles. The van der Waals surface area contributed by atoms with E-state index in [0.717, 1.165) is 51.1 Å². The Balaban J connectivity index is 1.25. The van der Waals surface area contributed by atoms with Crippen molar-refractivity contribution in [3.05, 3.63) is 138 Å². The summed E-state index contributed by atoms with van der Waals surface area (Å²) in [5.74, 6) is 2.81. The number of fused-ring (bicyclic) bond motifs is 10. The highest BCUT2D eigenvalue weighted by molar-refractivity contribution is 7.25. The summed E-state index contributed by atoms with van der Waals surface area (Å²) in [6, 6.07) is 41.4. The summed E-state index contributed by atoms with van der Waals surface area (Å²) in [5.41, 5.74) is 8.06. The van der Waals surface area contributed by atoms with Gasteiger partial charge in [0.2, 0.25) is 0 Å². The molecule has 3 aliphatic rings. The van der Waals surface area contributed by atoms with Gasteiger partial charge in [0.1, 0.15) is 28.4 Å². The van der Waals surface area contributed by atoms with Crippen LogP contribution in [0.25, 0.3) is 64.7 Å². The van der Waals surface area contributed by atoms with Crippen molar-refractivity contribution in [2.45, 2.75) is 12.6 Å². The summed E-state index contributed by atoms with van der Waals surface area (Å²) in [6.45, 7) is 2.20. The molecule has 0 bridgehead atoms. The average Bonchev–Trinajstić information content (AvgIpc) is 3.82. The van der Waals surface area contributed by atoms with E-state index >= 15 is 0 Å². The number of ether oxygens (including phenoxy) is 1. The summed E-state index contributed by atoms with van der Waals surface area (Å²) in [6.07, 6.45) is 2.21. The first-order valence-electron chi connectivity index (χ1n) is 15.6. The molecule has 1 spiro atoms. The minimum atomic E-state index is -0.790. The number of para-hydroxylation sites is 1. The topological polar surface area (TPSA) is 39.7 Å². The molecule has 0 saturated heterocycles. The molecule has 0 amide bonds. The standard InChI is InChI=1S/C39H23N5OS/c1-22-37(23-16-19-33-27(21-23)25-10-3-5-14-32(25)46-33)40-44-39-35-29(43(22)44)12-8-13-30(35)45-31-18-17-26-24-9-2-4-11-28(24)42(38(26)36(31)39)34-15-6-7-20-41(34)39/h2-21H,1H3/q+2. The lowest BCUT2D eigenvalue weighted by molar-refractivity contribution is -1.02. The van der Waals surface area contributed by atoms with Gasteiger partial charge in [0.15, 0.2) is 22.3 Å². The molecule has 3 aliphatic heterocycles. The largest absolute Gasteiger partial charge is 0.456 e. The van der Waals surface area contributed by atoms with Crippen molar-refractivity contribution >= 4 is 53.3 Å². The average molecular weight is 610 g/mol. The molecule has 6 nitrogen and oxygen atoms in total. The monoisotopic (exact) mass is 609 g/mol. The molecule has 0 radical (unpaired) electrons. The van der Waals surface area contributed by atoms with Crippen molar-refractivity contribution < 1.29 is 14.1 Å².